The number of methoxy groups -OCH3 is 1. The number of ether oxygens (including phenoxy) is 1. The van der Waals surface area contributed by atoms with Crippen LogP contribution in [0.25, 0.3) is 0 Å². The summed E-state index contributed by atoms with van der Waals surface area (Å²) in [6.07, 6.45) is 0.594. The third-order valence-electron chi connectivity index (χ3n) is 2.86. The first-order valence-electron chi connectivity index (χ1n) is 6.02. The number of nitrogens with zero attached hydrogens (tertiary/aromatic N) is 2. The molecule has 0 bridgehead atoms. The van der Waals surface area contributed by atoms with E-state index in [-0.39, 0.29) is 17.3 Å². The van der Waals surface area contributed by atoms with Crippen LogP contribution in [0.15, 0.2) is 23.2 Å². The summed E-state index contributed by atoms with van der Waals surface area (Å²) >= 11 is 0. The largest absolute Gasteiger partial charge is 0.465 e. The van der Waals surface area contributed by atoms with Gasteiger partial charge in [-0.2, -0.15) is 4.39 Å². The van der Waals surface area contributed by atoms with E-state index in [0.717, 1.165) is 6.07 Å². The topological polar surface area (TPSA) is 81.8 Å². The highest BCUT2D eigenvalue weighted by molar-refractivity contribution is 6.37. The van der Waals surface area contributed by atoms with Crippen LogP contribution in [-0.2, 0) is 9.53 Å². The molecule has 0 aliphatic rings. The number of hydrogen-bond acceptors (Lipinski definition) is 5. The number of benzene rings is 1. The Morgan fingerprint density at radius 1 is 1.55 bits per heavy atom. The van der Waals surface area contributed by atoms with E-state index in [9.17, 15) is 19.3 Å². The highest BCUT2D eigenvalue weighted by Gasteiger charge is 2.24. The fraction of sp³-hybridized carbons (Fsp3) is 0.385. The summed E-state index contributed by atoms with van der Waals surface area (Å²) in [5.74, 6) is -1.94. The quantitative estimate of drug-likeness (QED) is 0.360. The highest BCUT2D eigenvalue weighted by atomic mass is 19.1. The molecule has 0 amide bonds. The van der Waals surface area contributed by atoms with Crippen LogP contribution in [0.4, 0.5) is 15.8 Å². The van der Waals surface area contributed by atoms with E-state index in [4.69, 9.17) is 0 Å². The second-order valence-electron chi connectivity index (χ2n) is 4.16. The Bertz CT molecular complexity index is 557. The van der Waals surface area contributed by atoms with Crippen molar-refractivity contribution in [1.29, 1.82) is 0 Å². The number of nitro benzene ring substituents is 1. The molecule has 0 saturated heterocycles. The molecule has 7 heteroatoms. The average Bonchev–Trinajstić information content (AvgIpc) is 2.42. The van der Waals surface area contributed by atoms with Crippen molar-refractivity contribution in [2.75, 3.05) is 7.11 Å². The van der Waals surface area contributed by atoms with Crippen molar-refractivity contribution in [2.24, 2.45) is 10.9 Å². The molecule has 6 nitrogen and oxygen atoms in total. The Morgan fingerprint density at radius 3 is 2.70 bits per heavy atom. The molecule has 0 heterocycles. The van der Waals surface area contributed by atoms with E-state index in [0.29, 0.717) is 6.42 Å². The monoisotopic (exact) mass is 282 g/mol. The number of esters is 1. The van der Waals surface area contributed by atoms with E-state index < -0.39 is 22.4 Å². The molecule has 108 valence electrons. The Kier molecular flexibility index (Phi) is 5.31. The van der Waals surface area contributed by atoms with Gasteiger partial charge in [-0.1, -0.05) is 19.9 Å². The van der Waals surface area contributed by atoms with Crippen LogP contribution < -0.4 is 0 Å². The number of halogens is 1. The molecule has 20 heavy (non-hydrogen) atoms. The Labute approximate surface area is 115 Å². The molecule has 0 saturated carbocycles. The molecular weight excluding hydrogens is 267 g/mol. The van der Waals surface area contributed by atoms with Crippen LogP contribution in [0.1, 0.15) is 20.3 Å². The Morgan fingerprint density at radius 2 is 2.20 bits per heavy atom. The fourth-order valence-electron chi connectivity index (χ4n) is 1.56. The van der Waals surface area contributed by atoms with Gasteiger partial charge in [-0.15, -0.1) is 0 Å². The summed E-state index contributed by atoms with van der Waals surface area (Å²) in [6, 6.07) is 3.55. The summed E-state index contributed by atoms with van der Waals surface area (Å²) < 4.78 is 18.1. The highest BCUT2D eigenvalue weighted by Crippen LogP contribution is 2.30. The molecule has 0 radical (unpaired) electrons. The first kappa shape index (κ1) is 15.7. The van der Waals surface area contributed by atoms with Crippen molar-refractivity contribution in [1.82, 2.24) is 0 Å². The van der Waals surface area contributed by atoms with Crippen molar-refractivity contribution in [3.63, 3.8) is 0 Å². The SMILES string of the molecule is CC[C@H](C)C(=Nc1cccc(F)c1[N+](=O)[O-])C(=O)OC. The van der Waals surface area contributed by atoms with Crippen LogP contribution >= 0.6 is 0 Å². The van der Waals surface area contributed by atoms with Crippen molar-refractivity contribution in [3.05, 3.63) is 34.1 Å². The van der Waals surface area contributed by atoms with Crippen LogP contribution in [0.3, 0.4) is 0 Å². The number of nitro groups is 1. The summed E-state index contributed by atoms with van der Waals surface area (Å²) in [5, 5.41) is 10.9. The van der Waals surface area contributed by atoms with E-state index in [1.165, 1.54) is 19.2 Å². The van der Waals surface area contributed by atoms with Gasteiger partial charge in [-0.05, 0) is 18.6 Å². The van der Waals surface area contributed by atoms with Gasteiger partial charge in [0.2, 0.25) is 5.82 Å². The van der Waals surface area contributed by atoms with Crippen LogP contribution in [0, 0.1) is 21.8 Å². The summed E-state index contributed by atoms with van der Waals surface area (Å²) in [4.78, 5) is 25.6. The minimum atomic E-state index is -0.996. The van der Waals surface area contributed by atoms with E-state index in [2.05, 4.69) is 9.73 Å². The molecular formula is C13H15FN2O4. The zero-order chi connectivity index (χ0) is 15.3. The number of aliphatic imine (C=N–C) groups is 1. The second kappa shape index (κ2) is 6.74. The van der Waals surface area contributed by atoms with Crippen LogP contribution in [0.2, 0.25) is 0 Å². The zero-order valence-corrected chi connectivity index (χ0v) is 11.4. The molecule has 0 aliphatic carbocycles. The van der Waals surface area contributed by atoms with Crippen LogP contribution in [-0.4, -0.2) is 23.7 Å². The molecule has 1 aromatic rings. The minimum Gasteiger partial charge on any atom is -0.465 e. The summed E-state index contributed by atoms with van der Waals surface area (Å²) in [7, 11) is 1.19. The van der Waals surface area contributed by atoms with Gasteiger partial charge in [0.25, 0.3) is 0 Å². The van der Waals surface area contributed by atoms with Gasteiger partial charge in [0.15, 0.2) is 0 Å². The van der Waals surface area contributed by atoms with E-state index >= 15 is 0 Å². The molecule has 1 rings (SSSR count). The molecule has 0 unspecified atom stereocenters. The van der Waals surface area contributed by atoms with Gasteiger partial charge >= 0.3 is 11.7 Å². The van der Waals surface area contributed by atoms with Gasteiger partial charge in [0.05, 0.1) is 12.0 Å². The van der Waals surface area contributed by atoms with Crippen molar-refractivity contribution >= 4 is 23.1 Å². The molecule has 1 atom stereocenters. The Balaban J connectivity index is 3.41. The number of para-hydroxylation sites is 1. The lowest BCUT2D eigenvalue weighted by molar-refractivity contribution is -0.386. The molecule has 0 N–H and O–H groups in total. The number of carbonyl (C=O) groups is 1. The summed E-state index contributed by atoms with van der Waals surface area (Å²) in [6.45, 7) is 3.57. The maximum Gasteiger partial charge on any atom is 0.352 e. The molecule has 0 aromatic heterocycles. The third kappa shape index (κ3) is 3.37. The second-order valence-corrected chi connectivity index (χ2v) is 4.16. The lowest BCUT2D eigenvalue weighted by Crippen LogP contribution is -2.22. The summed E-state index contributed by atoms with van der Waals surface area (Å²) in [5.41, 5.74) is -0.920. The normalized spacial score (nSPS) is 12.9. The molecule has 1 aromatic carbocycles. The van der Waals surface area contributed by atoms with E-state index in [1.54, 1.807) is 6.92 Å². The third-order valence-corrected chi connectivity index (χ3v) is 2.86. The van der Waals surface area contributed by atoms with Crippen molar-refractivity contribution < 1.29 is 18.8 Å². The maximum absolute atomic E-state index is 13.5. The van der Waals surface area contributed by atoms with Crippen molar-refractivity contribution in [2.45, 2.75) is 20.3 Å². The average molecular weight is 282 g/mol. The molecule has 0 spiro atoms. The first-order valence-corrected chi connectivity index (χ1v) is 6.02. The van der Waals surface area contributed by atoms with Crippen LogP contribution in [0.5, 0.6) is 0 Å². The van der Waals surface area contributed by atoms with Gasteiger partial charge in [0.1, 0.15) is 11.4 Å². The van der Waals surface area contributed by atoms with Gasteiger partial charge < -0.3 is 4.74 Å². The van der Waals surface area contributed by atoms with Gasteiger partial charge in [-0.25, -0.2) is 9.79 Å². The first-order chi connectivity index (χ1) is 9.42. The maximum atomic E-state index is 13.5. The zero-order valence-electron chi connectivity index (χ0n) is 11.4. The number of carbonyl (C=O) groups excluding carboxylic acids is 1. The number of rotatable bonds is 5. The van der Waals surface area contributed by atoms with Gasteiger partial charge in [-0.3, -0.25) is 10.1 Å². The lowest BCUT2D eigenvalue weighted by Gasteiger charge is -2.10. The number of hydrogen-bond donors (Lipinski definition) is 0. The standard InChI is InChI=1S/C13H15FN2O4/c1-4-8(2)11(13(17)20-3)15-10-7-5-6-9(14)12(10)16(18)19/h5-8H,4H2,1-3H3/t8-/m0/s1. The molecule has 0 fully saturated rings. The predicted molar refractivity (Wildman–Crippen MR) is 71.6 cm³/mol. The van der Waals surface area contributed by atoms with Crippen molar-refractivity contribution in [3.8, 4) is 0 Å². The van der Waals surface area contributed by atoms with Gasteiger partial charge in [0, 0.05) is 5.92 Å². The predicted octanol–water partition coefficient (Wildman–Crippen LogP) is 3.03. The molecule has 0 aliphatic heterocycles. The van der Waals surface area contributed by atoms with E-state index in [1.807, 2.05) is 6.92 Å². The Hall–Kier alpha value is -2.31. The minimum absolute atomic E-state index is 0.0312. The lowest BCUT2D eigenvalue weighted by atomic mass is 10.0. The smallest absolute Gasteiger partial charge is 0.352 e. The fourth-order valence-corrected chi connectivity index (χ4v) is 1.56.